The standard InChI is InChI=1S/C29H12N6O8/c30-12-14(13-31)25-18-5-2-1-4-17(18)19-6-3-7-20(27(19)25)26-21-8-15(32(36)37)10-23(34(40)41)28(21)29-22(26)9-16(33(38)39)11-24(29)35(42)43/h1-11,26H. The van der Waals surface area contributed by atoms with Crippen molar-refractivity contribution >= 4 is 28.3 Å². The predicted molar refractivity (Wildman–Crippen MR) is 149 cm³/mol. The molecule has 0 heterocycles. The largest absolute Gasteiger partial charge is 0.284 e. The molecule has 14 nitrogen and oxygen atoms in total. The lowest BCUT2D eigenvalue weighted by atomic mass is 9.82. The van der Waals surface area contributed by atoms with Crippen molar-refractivity contribution in [1.29, 1.82) is 10.5 Å². The molecule has 0 unspecified atom stereocenters. The second kappa shape index (κ2) is 9.39. The van der Waals surface area contributed by atoms with Crippen LogP contribution in [0.5, 0.6) is 0 Å². The average molecular weight is 572 g/mol. The van der Waals surface area contributed by atoms with E-state index in [9.17, 15) is 51.0 Å². The van der Waals surface area contributed by atoms with E-state index in [0.29, 0.717) is 34.4 Å². The summed E-state index contributed by atoms with van der Waals surface area (Å²) in [7, 11) is 0. The van der Waals surface area contributed by atoms with Gasteiger partial charge < -0.3 is 0 Å². The van der Waals surface area contributed by atoms with E-state index in [2.05, 4.69) is 0 Å². The Bertz CT molecular complexity index is 2040. The fourth-order valence-corrected chi connectivity index (χ4v) is 6.05. The molecular formula is C29H12N6O8. The van der Waals surface area contributed by atoms with E-state index in [1.165, 1.54) is 0 Å². The lowest BCUT2D eigenvalue weighted by Crippen LogP contribution is -2.06. The number of allylic oxidation sites excluding steroid dienone is 1. The lowest BCUT2D eigenvalue weighted by molar-refractivity contribution is -0.395. The molecule has 0 atom stereocenters. The van der Waals surface area contributed by atoms with E-state index >= 15 is 0 Å². The molecule has 2 aliphatic carbocycles. The second-order valence-electron chi connectivity index (χ2n) is 9.61. The van der Waals surface area contributed by atoms with Gasteiger partial charge >= 0.3 is 0 Å². The van der Waals surface area contributed by atoms with Crippen molar-refractivity contribution in [3.05, 3.63) is 141 Å². The molecule has 0 radical (unpaired) electrons. The van der Waals surface area contributed by atoms with Gasteiger partial charge in [0.2, 0.25) is 0 Å². The summed E-state index contributed by atoms with van der Waals surface area (Å²) in [4.78, 5) is 44.7. The van der Waals surface area contributed by atoms with Gasteiger partial charge in [0.05, 0.1) is 43.0 Å². The molecule has 0 saturated carbocycles. The molecule has 6 rings (SSSR count). The van der Waals surface area contributed by atoms with E-state index in [-0.39, 0.29) is 39.0 Å². The minimum Gasteiger partial charge on any atom is -0.258 e. The third-order valence-electron chi connectivity index (χ3n) is 7.57. The SMILES string of the molecule is N#CC(C#N)=C1c2ccccc2-c2cccc(C3c4cc([N+](=O)[O-])cc([N+](=O)[O-])c4-c4c3cc([N+](=O)[O-])cc4[N+](=O)[O-])c21. The van der Waals surface area contributed by atoms with E-state index in [1.807, 2.05) is 12.1 Å². The minimum absolute atomic E-state index is 0.0568. The van der Waals surface area contributed by atoms with Gasteiger partial charge in [0.25, 0.3) is 22.7 Å². The molecule has 0 saturated heterocycles. The molecule has 0 aromatic heterocycles. The van der Waals surface area contributed by atoms with Crippen LogP contribution in [0.3, 0.4) is 0 Å². The van der Waals surface area contributed by atoms with Gasteiger partial charge in [0, 0.05) is 23.6 Å². The van der Waals surface area contributed by atoms with Gasteiger partial charge in [-0.25, -0.2) is 0 Å². The van der Waals surface area contributed by atoms with Gasteiger partial charge in [-0.15, -0.1) is 0 Å². The van der Waals surface area contributed by atoms with Crippen molar-refractivity contribution < 1.29 is 19.7 Å². The first-order valence-electron chi connectivity index (χ1n) is 12.3. The second-order valence-corrected chi connectivity index (χ2v) is 9.61. The maximum atomic E-state index is 12.2. The number of nitro groups is 4. The van der Waals surface area contributed by atoms with Crippen LogP contribution in [-0.4, -0.2) is 19.7 Å². The summed E-state index contributed by atoms with van der Waals surface area (Å²) < 4.78 is 0. The molecule has 0 bridgehead atoms. The summed E-state index contributed by atoms with van der Waals surface area (Å²) >= 11 is 0. The van der Waals surface area contributed by atoms with Crippen molar-refractivity contribution in [1.82, 2.24) is 0 Å². The monoisotopic (exact) mass is 572 g/mol. The zero-order valence-corrected chi connectivity index (χ0v) is 21.4. The average Bonchev–Trinajstić information content (AvgIpc) is 3.50. The van der Waals surface area contributed by atoms with Crippen molar-refractivity contribution in [2.75, 3.05) is 0 Å². The van der Waals surface area contributed by atoms with Crippen LogP contribution in [0.25, 0.3) is 27.8 Å². The molecule has 0 amide bonds. The smallest absolute Gasteiger partial charge is 0.258 e. The number of nitrogens with zero attached hydrogens (tertiary/aromatic N) is 6. The van der Waals surface area contributed by atoms with Crippen LogP contribution in [0.2, 0.25) is 0 Å². The van der Waals surface area contributed by atoms with E-state index in [1.54, 1.807) is 42.5 Å². The third kappa shape index (κ3) is 3.71. The normalized spacial score (nSPS) is 12.3. The number of nitro benzene ring substituents is 4. The van der Waals surface area contributed by atoms with Gasteiger partial charge in [-0.2, -0.15) is 10.5 Å². The Hall–Kier alpha value is -6.80. The van der Waals surface area contributed by atoms with Crippen molar-refractivity contribution in [2.24, 2.45) is 0 Å². The number of hydrogen-bond acceptors (Lipinski definition) is 10. The Morgan fingerprint density at radius 3 is 1.53 bits per heavy atom. The van der Waals surface area contributed by atoms with E-state index in [0.717, 1.165) is 12.1 Å². The zero-order valence-electron chi connectivity index (χ0n) is 21.4. The maximum Gasteiger partial charge on any atom is 0.284 e. The van der Waals surface area contributed by atoms with Crippen LogP contribution in [0, 0.1) is 63.1 Å². The predicted octanol–water partition coefficient (Wildman–Crippen LogP) is 6.31. The minimum atomic E-state index is -1.22. The number of fused-ring (bicyclic) bond motifs is 6. The molecule has 14 heteroatoms. The Labute approximate surface area is 239 Å². The van der Waals surface area contributed by atoms with Crippen molar-refractivity contribution in [3.8, 4) is 34.4 Å². The number of hydrogen-bond donors (Lipinski definition) is 0. The molecule has 4 aromatic rings. The summed E-state index contributed by atoms with van der Waals surface area (Å²) in [5, 5.41) is 67.9. The molecule has 0 spiro atoms. The van der Waals surface area contributed by atoms with Crippen LogP contribution in [-0.2, 0) is 0 Å². The Morgan fingerprint density at radius 2 is 1.07 bits per heavy atom. The first-order valence-corrected chi connectivity index (χ1v) is 12.3. The van der Waals surface area contributed by atoms with Crippen molar-refractivity contribution in [3.63, 3.8) is 0 Å². The van der Waals surface area contributed by atoms with Crippen LogP contribution in [0.1, 0.15) is 33.7 Å². The highest BCUT2D eigenvalue weighted by molar-refractivity contribution is 6.06. The first kappa shape index (κ1) is 26.4. The highest BCUT2D eigenvalue weighted by atomic mass is 16.6. The van der Waals surface area contributed by atoms with Crippen LogP contribution in [0.4, 0.5) is 22.7 Å². The highest BCUT2D eigenvalue weighted by Crippen LogP contribution is 2.59. The molecule has 0 N–H and O–H groups in total. The van der Waals surface area contributed by atoms with Crippen LogP contribution < -0.4 is 0 Å². The molecular weight excluding hydrogens is 560 g/mol. The molecule has 206 valence electrons. The van der Waals surface area contributed by atoms with Gasteiger partial charge in [0.15, 0.2) is 0 Å². The summed E-state index contributed by atoms with van der Waals surface area (Å²) in [5.41, 5.74) is -1.19. The van der Waals surface area contributed by atoms with Crippen molar-refractivity contribution in [2.45, 2.75) is 5.92 Å². The molecule has 43 heavy (non-hydrogen) atoms. The molecule has 2 aliphatic rings. The van der Waals surface area contributed by atoms with Gasteiger partial charge in [0.1, 0.15) is 17.7 Å². The van der Waals surface area contributed by atoms with Gasteiger partial charge in [-0.3, -0.25) is 40.5 Å². The molecule has 0 fully saturated rings. The fraction of sp³-hybridized carbons (Fsp3) is 0.0345. The lowest BCUT2D eigenvalue weighted by Gasteiger charge is -2.19. The molecule has 4 aromatic carbocycles. The summed E-state index contributed by atoms with van der Waals surface area (Å²) in [6.07, 6.45) is 0. The van der Waals surface area contributed by atoms with Gasteiger partial charge in [-0.05, 0) is 38.9 Å². The number of nitriles is 2. The summed E-state index contributed by atoms with van der Waals surface area (Å²) in [5.74, 6) is -1.22. The Kier molecular flexibility index (Phi) is 5.77. The molecule has 0 aliphatic heterocycles. The summed E-state index contributed by atoms with van der Waals surface area (Å²) in [6, 6.07) is 19.1. The van der Waals surface area contributed by atoms with E-state index < -0.39 is 48.4 Å². The zero-order chi connectivity index (χ0) is 30.7. The van der Waals surface area contributed by atoms with Gasteiger partial charge in [-0.1, -0.05) is 42.5 Å². The number of non-ortho nitro benzene ring substituents is 2. The topological polar surface area (TPSA) is 220 Å². The number of rotatable bonds is 5. The van der Waals surface area contributed by atoms with E-state index in [4.69, 9.17) is 0 Å². The summed E-state index contributed by atoms with van der Waals surface area (Å²) in [6.45, 7) is 0. The van der Waals surface area contributed by atoms with Crippen LogP contribution >= 0.6 is 0 Å². The highest BCUT2D eigenvalue weighted by Gasteiger charge is 2.45. The third-order valence-corrected chi connectivity index (χ3v) is 7.57. The van der Waals surface area contributed by atoms with Crippen LogP contribution in [0.15, 0.2) is 72.3 Å². The maximum absolute atomic E-state index is 12.2. The Balaban J connectivity index is 1.82. The fourth-order valence-electron chi connectivity index (χ4n) is 6.05. The number of benzene rings is 4. The first-order chi connectivity index (χ1) is 20.6. The Morgan fingerprint density at radius 1 is 0.581 bits per heavy atom. The quantitative estimate of drug-likeness (QED) is 0.127.